The van der Waals surface area contributed by atoms with E-state index in [4.69, 9.17) is 0 Å². The van der Waals surface area contributed by atoms with Gasteiger partial charge >= 0.3 is 0 Å². The summed E-state index contributed by atoms with van der Waals surface area (Å²) in [6.07, 6.45) is 3.37. The Kier molecular flexibility index (Phi) is 2.49. The Balaban J connectivity index is 1.96. The van der Waals surface area contributed by atoms with E-state index in [0.717, 1.165) is 13.0 Å². The molecule has 1 fully saturated rings. The van der Waals surface area contributed by atoms with Gasteiger partial charge in [0.1, 0.15) is 0 Å². The molecule has 0 aromatic rings. The van der Waals surface area contributed by atoms with Gasteiger partial charge in [0.2, 0.25) is 0 Å². The predicted octanol–water partition coefficient (Wildman–Crippen LogP) is 0.367. The van der Waals surface area contributed by atoms with E-state index in [1.54, 1.807) is 0 Å². The molecule has 2 N–H and O–H groups in total. The van der Waals surface area contributed by atoms with E-state index >= 15 is 0 Å². The van der Waals surface area contributed by atoms with Gasteiger partial charge in [-0.3, -0.25) is 0 Å². The van der Waals surface area contributed by atoms with Crippen molar-refractivity contribution in [2.75, 3.05) is 13.6 Å². The van der Waals surface area contributed by atoms with Gasteiger partial charge in [-0.15, -0.1) is 0 Å². The molecule has 1 aliphatic rings. The second kappa shape index (κ2) is 3.18. The summed E-state index contributed by atoms with van der Waals surface area (Å²) in [6.45, 7) is 0.942. The Morgan fingerprint density at radius 1 is 1.67 bits per heavy atom. The highest BCUT2D eigenvalue weighted by Crippen LogP contribution is 2.33. The fraction of sp³-hybridized carbons (Fsp3) is 1.00. The summed E-state index contributed by atoms with van der Waals surface area (Å²) < 4.78 is 0. The normalized spacial score (nSPS) is 22.0. The van der Waals surface area contributed by atoms with Crippen LogP contribution in [-0.4, -0.2) is 24.8 Å². The topological polar surface area (TPSA) is 32.3 Å². The van der Waals surface area contributed by atoms with Crippen LogP contribution in [0.4, 0.5) is 0 Å². The standard InChI is InChI=1S/C7H15NO/c1-8-5-4-7(9)6-2-3-6/h6-9H,2-5H2,1H3/t7-/m1/s1. The first kappa shape index (κ1) is 7.03. The zero-order valence-electron chi connectivity index (χ0n) is 5.93. The van der Waals surface area contributed by atoms with Crippen LogP contribution in [0.3, 0.4) is 0 Å². The molecule has 0 radical (unpaired) electrons. The minimum atomic E-state index is -0.0301. The lowest BCUT2D eigenvalue weighted by molar-refractivity contribution is 0.142. The summed E-state index contributed by atoms with van der Waals surface area (Å²) in [4.78, 5) is 0. The molecule has 0 saturated heterocycles. The number of aliphatic hydroxyl groups is 1. The maximum atomic E-state index is 9.28. The maximum Gasteiger partial charge on any atom is 0.0580 e. The lowest BCUT2D eigenvalue weighted by Gasteiger charge is -2.06. The van der Waals surface area contributed by atoms with Crippen LogP contribution < -0.4 is 5.32 Å². The highest BCUT2D eigenvalue weighted by atomic mass is 16.3. The maximum absolute atomic E-state index is 9.28. The van der Waals surface area contributed by atoms with Crippen LogP contribution in [0.15, 0.2) is 0 Å². The van der Waals surface area contributed by atoms with E-state index in [9.17, 15) is 5.11 Å². The van der Waals surface area contributed by atoms with Crippen molar-refractivity contribution in [2.45, 2.75) is 25.4 Å². The van der Waals surface area contributed by atoms with Crippen LogP contribution in [0.25, 0.3) is 0 Å². The molecule has 9 heavy (non-hydrogen) atoms. The van der Waals surface area contributed by atoms with Crippen LogP contribution in [0.1, 0.15) is 19.3 Å². The Labute approximate surface area is 56.3 Å². The first-order valence-electron chi connectivity index (χ1n) is 3.67. The van der Waals surface area contributed by atoms with Crippen LogP contribution in [0.5, 0.6) is 0 Å². The van der Waals surface area contributed by atoms with Gasteiger partial charge < -0.3 is 10.4 Å². The van der Waals surface area contributed by atoms with Crippen molar-refractivity contribution in [2.24, 2.45) is 5.92 Å². The molecular weight excluding hydrogens is 114 g/mol. The third kappa shape index (κ3) is 2.33. The van der Waals surface area contributed by atoms with Crippen molar-refractivity contribution in [1.82, 2.24) is 5.32 Å². The molecule has 0 heterocycles. The van der Waals surface area contributed by atoms with Crippen molar-refractivity contribution in [3.63, 3.8) is 0 Å². The summed E-state index contributed by atoms with van der Waals surface area (Å²) in [6, 6.07) is 0. The van der Waals surface area contributed by atoms with Crippen molar-refractivity contribution in [3.05, 3.63) is 0 Å². The van der Waals surface area contributed by atoms with Crippen molar-refractivity contribution in [1.29, 1.82) is 0 Å². The molecule has 1 rings (SSSR count). The van der Waals surface area contributed by atoms with Gasteiger partial charge in [-0.25, -0.2) is 0 Å². The van der Waals surface area contributed by atoms with Crippen molar-refractivity contribution >= 4 is 0 Å². The number of hydrogen-bond acceptors (Lipinski definition) is 2. The van der Waals surface area contributed by atoms with Gasteiger partial charge in [0.25, 0.3) is 0 Å². The molecule has 1 saturated carbocycles. The molecular formula is C7H15NO. The highest BCUT2D eigenvalue weighted by Gasteiger charge is 2.28. The largest absolute Gasteiger partial charge is 0.393 e. The molecule has 1 atom stereocenters. The molecule has 2 heteroatoms. The second-order valence-corrected chi connectivity index (χ2v) is 2.80. The summed E-state index contributed by atoms with van der Waals surface area (Å²) >= 11 is 0. The molecule has 0 spiro atoms. The number of hydrogen-bond donors (Lipinski definition) is 2. The van der Waals surface area contributed by atoms with Crippen molar-refractivity contribution < 1.29 is 5.11 Å². The first-order chi connectivity index (χ1) is 4.34. The summed E-state index contributed by atoms with van der Waals surface area (Å²) in [5.41, 5.74) is 0. The van der Waals surface area contributed by atoms with E-state index in [-0.39, 0.29) is 6.10 Å². The lowest BCUT2D eigenvalue weighted by atomic mass is 10.2. The molecule has 0 aromatic carbocycles. The number of nitrogens with one attached hydrogen (secondary N) is 1. The average Bonchev–Trinajstić information content (AvgIpc) is 2.63. The molecule has 0 amide bonds. The van der Waals surface area contributed by atoms with Gasteiger partial charge in [0.05, 0.1) is 6.10 Å². The molecule has 1 aliphatic carbocycles. The molecule has 0 bridgehead atoms. The average molecular weight is 129 g/mol. The van der Waals surface area contributed by atoms with Crippen LogP contribution in [0, 0.1) is 5.92 Å². The second-order valence-electron chi connectivity index (χ2n) is 2.80. The molecule has 54 valence electrons. The highest BCUT2D eigenvalue weighted by molar-refractivity contribution is 4.80. The smallest absolute Gasteiger partial charge is 0.0580 e. The SMILES string of the molecule is CNCC[C@@H](O)C1CC1. The third-order valence-electron chi connectivity index (χ3n) is 1.86. The van der Waals surface area contributed by atoms with Gasteiger partial charge in [0, 0.05) is 0 Å². The van der Waals surface area contributed by atoms with Crippen LogP contribution in [-0.2, 0) is 0 Å². The zero-order valence-corrected chi connectivity index (χ0v) is 5.93. The molecule has 2 nitrogen and oxygen atoms in total. The fourth-order valence-corrected chi connectivity index (χ4v) is 1.01. The fourth-order valence-electron chi connectivity index (χ4n) is 1.01. The summed E-state index contributed by atoms with van der Waals surface area (Å²) in [5.74, 6) is 0.637. The Morgan fingerprint density at radius 2 is 2.33 bits per heavy atom. The van der Waals surface area contributed by atoms with E-state index in [1.165, 1.54) is 12.8 Å². The molecule has 0 unspecified atom stereocenters. The number of aliphatic hydroxyl groups excluding tert-OH is 1. The summed E-state index contributed by atoms with van der Waals surface area (Å²) in [7, 11) is 1.92. The van der Waals surface area contributed by atoms with E-state index in [2.05, 4.69) is 5.32 Å². The predicted molar refractivity (Wildman–Crippen MR) is 37.3 cm³/mol. The van der Waals surface area contributed by atoms with Gasteiger partial charge in [-0.05, 0) is 38.8 Å². The van der Waals surface area contributed by atoms with E-state index in [0.29, 0.717) is 5.92 Å². The van der Waals surface area contributed by atoms with Crippen LogP contribution >= 0.6 is 0 Å². The molecule has 0 aliphatic heterocycles. The quantitative estimate of drug-likeness (QED) is 0.574. The van der Waals surface area contributed by atoms with Crippen LogP contribution in [0.2, 0.25) is 0 Å². The van der Waals surface area contributed by atoms with E-state index < -0.39 is 0 Å². The van der Waals surface area contributed by atoms with Gasteiger partial charge in [-0.1, -0.05) is 0 Å². The van der Waals surface area contributed by atoms with Crippen molar-refractivity contribution in [3.8, 4) is 0 Å². The van der Waals surface area contributed by atoms with Gasteiger partial charge in [0.15, 0.2) is 0 Å². The van der Waals surface area contributed by atoms with Gasteiger partial charge in [-0.2, -0.15) is 0 Å². The Morgan fingerprint density at radius 3 is 2.78 bits per heavy atom. The van der Waals surface area contributed by atoms with E-state index in [1.807, 2.05) is 7.05 Å². The Hall–Kier alpha value is -0.0800. The number of rotatable bonds is 4. The monoisotopic (exact) mass is 129 g/mol. The zero-order chi connectivity index (χ0) is 6.69. The minimum Gasteiger partial charge on any atom is -0.393 e. The Bertz CT molecular complexity index is 81.0. The molecule has 0 aromatic heterocycles. The summed E-state index contributed by atoms with van der Waals surface area (Å²) in [5, 5.41) is 12.3. The minimum absolute atomic E-state index is 0.0301. The lowest BCUT2D eigenvalue weighted by Crippen LogP contribution is -2.17. The third-order valence-corrected chi connectivity index (χ3v) is 1.86. The first-order valence-corrected chi connectivity index (χ1v) is 3.67.